The number of methoxy groups -OCH3 is 1. The molecule has 4 heteroatoms. The van der Waals surface area contributed by atoms with Crippen molar-refractivity contribution in [3.63, 3.8) is 0 Å². The molecule has 174 valence electrons. The zero-order valence-electron chi connectivity index (χ0n) is 20.2. The third kappa shape index (κ3) is 3.52. The molecular formula is C27H42O4. The highest BCUT2D eigenvalue weighted by Gasteiger charge is 2.64. The first-order valence-corrected chi connectivity index (χ1v) is 12.6. The van der Waals surface area contributed by atoms with Gasteiger partial charge in [0.2, 0.25) is 0 Å². The molecule has 0 heterocycles. The third-order valence-electron chi connectivity index (χ3n) is 10.5. The summed E-state index contributed by atoms with van der Waals surface area (Å²) >= 11 is 0. The first-order chi connectivity index (χ1) is 14.7. The van der Waals surface area contributed by atoms with Crippen LogP contribution in [-0.4, -0.2) is 30.1 Å². The summed E-state index contributed by atoms with van der Waals surface area (Å²) in [5.41, 5.74) is 1.33. The molecule has 0 bridgehead atoms. The summed E-state index contributed by atoms with van der Waals surface area (Å²) < 4.78 is 4.87. The van der Waals surface area contributed by atoms with Crippen molar-refractivity contribution in [3.05, 3.63) is 11.6 Å². The number of ketones is 1. The second-order valence-electron chi connectivity index (χ2n) is 11.7. The molecule has 4 saturated carbocycles. The van der Waals surface area contributed by atoms with Gasteiger partial charge in [0.15, 0.2) is 5.78 Å². The zero-order valence-corrected chi connectivity index (χ0v) is 20.2. The van der Waals surface area contributed by atoms with Gasteiger partial charge in [-0.3, -0.25) is 9.59 Å². The van der Waals surface area contributed by atoms with Gasteiger partial charge >= 0.3 is 5.97 Å². The molecule has 4 aliphatic carbocycles. The topological polar surface area (TPSA) is 63.6 Å². The van der Waals surface area contributed by atoms with Crippen molar-refractivity contribution in [2.24, 2.45) is 46.3 Å². The van der Waals surface area contributed by atoms with Crippen LogP contribution in [0.5, 0.6) is 0 Å². The fourth-order valence-electron chi connectivity index (χ4n) is 8.81. The minimum absolute atomic E-state index is 0.117. The van der Waals surface area contributed by atoms with E-state index in [1.165, 1.54) is 20.0 Å². The number of fused-ring (bicyclic) bond motifs is 5. The van der Waals surface area contributed by atoms with Crippen LogP contribution in [0.15, 0.2) is 11.6 Å². The number of rotatable bonds is 4. The maximum atomic E-state index is 13.9. The monoisotopic (exact) mass is 430 g/mol. The number of esters is 1. The van der Waals surface area contributed by atoms with E-state index in [2.05, 4.69) is 26.8 Å². The minimum Gasteiger partial charge on any atom is -0.469 e. The summed E-state index contributed by atoms with van der Waals surface area (Å²) in [6.45, 7) is 9.18. The van der Waals surface area contributed by atoms with Crippen LogP contribution in [0.2, 0.25) is 0 Å². The molecule has 0 aliphatic heterocycles. The van der Waals surface area contributed by atoms with Crippen molar-refractivity contribution in [3.8, 4) is 0 Å². The lowest BCUT2D eigenvalue weighted by molar-refractivity contribution is -0.150. The van der Waals surface area contributed by atoms with E-state index < -0.39 is 0 Å². The predicted molar refractivity (Wildman–Crippen MR) is 121 cm³/mol. The fourth-order valence-corrected chi connectivity index (χ4v) is 8.81. The Morgan fingerprint density at radius 3 is 2.52 bits per heavy atom. The van der Waals surface area contributed by atoms with E-state index in [4.69, 9.17) is 4.74 Å². The van der Waals surface area contributed by atoms with Gasteiger partial charge in [0.1, 0.15) is 0 Å². The standard InChI is InChI=1S/C27H42O4/c1-6-18-22-15-17(28)11-13-27(22,4)21-12-14-26(3)19(16(2)7-10-23(29)31-5)8-9-20(26)24(21)25(18)30/h6,16-17,19-22,24,28H,7-15H2,1-5H3. The van der Waals surface area contributed by atoms with Gasteiger partial charge in [0.25, 0.3) is 0 Å². The van der Waals surface area contributed by atoms with E-state index in [9.17, 15) is 14.7 Å². The Balaban J connectivity index is 1.61. The van der Waals surface area contributed by atoms with Crippen molar-refractivity contribution in [1.29, 1.82) is 0 Å². The van der Waals surface area contributed by atoms with Crippen LogP contribution in [-0.2, 0) is 14.3 Å². The van der Waals surface area contributed by atoms with Crippen LogP contribution in [0.4, 0.5) is 0 Å². The number of ether oxygens (including phenoxy) is 1. The summed E-state index contributed by atoms with van der Waals surface area (Å²) in [4.78, 5) is 25.6. The molecule has 0 aromatic rings. The fraction of sp³-hybridized carbons (Fsp3) is 0.852. The second-order valence-corrected chi connectivity index (χ2v) is 11.7. The van der Waals surface area contributed by atoms with Crippen molar-refractivity contribution in [2.45, 2.75) is 91.6 Å². The SMILES string of the molecule is CC=C1C(=O)C2C(CCC3(C)C(C(C)CCC(=O)OC)CCC23)C2(C)CCC(O)CC12. The Bertz CT molecular complexity index is 756. The van der Waals surface area contributed by atoms with E-state index in [-0.39, 0.29) is 34.7 Å². The van der Waals surface area contributed by atoms with E-state index in [0.29, 0.717) is 35.9 Å². The van der Waals surface area contributed by atoms with E-state index >= 15 is 0 Å². The highest BCUT2D eigenvalue weighted by Crippen LogP contribution is 2.68. The van der Waals surface area contributed by atoms with Crippen LogP contribution in [0.1, 0.15) is 85.5 Å². The number of allylic oxidation sites excluding steroid dienone is 2. The van der Waals surface area contributed by atoms with E-state index in [0.717, 1.165) is 44.1 Å². The van der Waals surface area contributed by atoms with Crippen LogP contribution in [0, 0.1) is 46.3 Å². The Morgan fingerprint density at radius 2 is 1.84 bits per heavy atom. The molecule has 0 aromatic carbocycles. The number of aliphatic hydroxyl groups excluding tert-OH is 1. The molecule has 0 aromatic heterocycles. The second kappa shape index (κ2) is 8.32. The number of aliphatic hydroxyl groups is 1. The number of carbonyl (C=O) groups excluding carboxylic acids is 2. The lowest BCUT2D eigenvalue weighted by Crippen LogP contribution is -2.58. The molecule has 0 spiro atoms. The lowest BCUT2D eigenvalue weighted by atomic mass is 9.43. The maximum Gasteiger partial charge on any atom is 0.305 e. The highest BCUT2D eigenvalue weighted by atomic mass is 16.5. The average molecular weight is 431 g/mol. The number of hydrogen-bond donors (Lipinski definition) is 1. The number of carbonyl (C=O) groups is 2. The molecule has 4 rings (SSSR count). The van der Waals surface area contributed by atoms with Gasteiger partial charge in [-0.2, -0.15) is 0 Å². The van der Waals surface area contributed by atoms with Gasteiger partial charge in [0.05, 0.1) is 13.2 Å². The smallest absolute Gasteiger partial charge is 0.305 e. The Labute approximate surface area is 188 Å². The van der Waals surface area contributed by atoms with Gasteiger partial charge in [0, 0.05) is 12.3 Å². The van der Waals surface area contributed by atoms with E-state index in [1.54, 1.807) is 0 Å². The summed E-state index contributed by atoms with van der Waals surface area (Å²) in [6.07, 6.45) is 10.4. The number of Topliss-reactive ketones (excluding diaryl/α,β-unsaturated/α-hetero) is 1. The summed E-state index contributed by atoms with van der Waals surface area (Å²) in [5.74, 6) is 2.57. The average Bonchev–Trinajstić information content (AvgIpc) is 3.10. The molecule has 4 nitrogen and oxygen atoms in total. The van der Waals surface area contributed by atoms with Crippen molar-refractivity contribution in [2.75, 3.05) is 7.11 Å². The van der Waals surface area contributed by atoms with Crippen molar-refractivity contribution < 1.29 is 19.4 Å². The van der Waals surface area contributed by atoms with Gasteiger partial charge in [-0.25, -0.2) is 0 Å². The third-order valence-corrected chi connectivity index (χ3v) is 10.5. The molecule has 4 fully saturated rings. The predicted octanol–water partition coefficient (Wildman–Crippen LogP) is 5.33. The molecule has 4 aliphatic rings. The van der Waals surface area contributed by atoms with Gasteiger partial charge in [-0.1, -0.05) is 26.8 Å². The van der Waals surface area contributed by atoms with Crippen LogP contribution >= 0.6 is 0 Å². The molecule has 0 radical (unpaired) electrons. The maximum absolute atomic E-state index is 13.9. The van der Waals surface area contributed by atoms with Crippen molar-refractivity contribution in [1.82, 2.24) is 0 Å². The summed E-state index contributed by atoms with van der Waals surface area (Å²) in [5, 5.41) is 10.4. The highest BCUT2D eigenvalue weighted by molar-refractivity contribution is 5.99. The first kappa shape index (κ1) is 23.0. The van der Waals surface area contributed by atoms with Gasteiger partial charge in [-0.05, 0) is 104 Å². The molecular weight excluding hydrogens is 388 g/mol. The zero-order chi connectivity index (χ0) is 22.6. The van der Waals surface area contributed by atoms with E-state index in [1.807, 2.05) is 6.92 Å². The summed E-state index contributed by atoms with van der Waals surface area (Å²) in [7, 11) is 1.47. The van der Waals surface area contributed by atoms with Crippen LogP contribution in [0.25, 0.3) is 0 Å². The van der Waals surface area contributed by atoms with Crippen LogP contribution < -0.4 is 0 Å². The minimum atomic E-state index is -0.266. The quantitative estimate of drug-likeness (QED) is 0.484. The lowest BCUT2D eigenvalue weighted by Gasteiger charge is -2.61. The van der Waals surface area contributed by atoms with Crippen LogP contribution in [0.3, 0.4) is 0 Å². The molecule has 0 amide bonds. The largest absolute Gasteiger partial charge is 0.469 e. The first-order valence-electron chi connectivity index (χ1n) is 12.6. The normalized spacial score (nSPS) is 46.8. The Kier molecular flexibility index (Phi) is 6.17. The Morgan fingerprint density at radius 1 is 1.16 bits per heavy atom. The summed E-state index contributed by atoms with van der Waals surface area (Å²) in [6, 6.07) is 0. The molecule has 9 unspecified atom stereocenters. The molecule has 0 saturated heterocycles. The Hall–Kier alpha value is -1.16. The molecule has 31 heavy (non-hydrogen) atoms. The van der Waals surface area contributed by atoms with Gasteiger partial charge < -0.3 is 9.84 Å². The van der Waals surface area contributed by atoms with Crippen molar-refractivity contribution >= 4 is 11.8 Å². The number of hydrogen-bond acceptors (Lipinski definition) is 4. The molecule has 1 N–H and O–H groups in total. The van der Waals surface area contributed by atoms with Gasteiger partial charge in [-0.15, -0.1) is 0 Å². The molecule has 9 atom stereocenters.